The average molecular weight is 464 g/mol. The molecule has 0 bridgehead atoms. The van der Waals surface area contributed by atoms with E-state index in [1.165, 1.54) is 12.1 Å². The van der Waals surface area contributed by atoms with E-state index in [1.807, 2.05) is 0 Å². The van der Waals surface area contributed by atoms with Gasteiger partial charge in [0.1, 0.15) is 11.6 Å². The average Bonchev–Trinajstić information content (AvgIpc) is 3.17. The minimum atomic E-state index is -4.78. The molecule has 30 heavy (non-hydrogen) atoms. The summed E-state index contributed by atoms with van der Waals surface area (Å²) in [6.45, 7) is 1.65. The van der Waals surface area contributed by atoms with Crippen LogP contribution in [-0.2, 0) is 21.7 Å². The van der Waals surface area contributed by atoms with E-state index in [0.717, 1.165) is 23.9 Å². The van der Waals surface area contributed by atoms with Crippen LogP contribution in [0.5, 0.6) is 5.75 Å². The second-order valence-electron chi connectivity index (χ2n) is 6.82. The van der Waals surface area contributed by atoms with Gasteiger partial charge in [-0.1, -0.05) is 11.8 Å². The summed E-state index contributed by atoms with van der Waals surface area (Å²) in [7, 11) is -1.34. The molecule has 2 heterocycles. The number of hydrogen-bond donors (Lipinski definition) is 1. The van der Waals surface area contributed by atoms with Gasteiger partial charge in [-0.15, -0.1) is 23.4 Å². The summed E-state index contributed by atoms with van der Waals surface area (Å²) >= 11 is 1.14. The second-order valence-corrected chi connectivity index (χ2v) is 10.4. The van der Waals surface area contributed by atoms with Gasteiger partial charge in [0.2, 0.25) is 5.91 Å². The Hall–Kier alpha value is -2.28. The number of carbonyl (C=O) groups is 1. The Morgan fingerprint density at radius 1 is 1.30 bits per heavy atom. The largest absolute Gasteiger partial charge is 0.573 e. The first-order valence-corrected chi connectivity index (χ1v) is 11.6. The molecule has 1 fully saturated rings. The van der Waals surface area contributed by atoms with Crippen molar-refractivity contribution < 1.29 is 31.1 Å². The van der Waals surface area contributed by atoms with E-state index in [1.54, 1.807) is 18.5 Å². The number of benzene rings is 1. The van der Waals surface area contributed by atoms with Crippen LogP contribution in [0.3, 0.4) is 0 Å². The molecule has 13 heteroatoms. The van der Waals surface area contributed by atoms with E-state index in [2.05, 4.69) is 20.3 Å². The maximum absolute atomic E-state index is 12.4. The predicted molar refractivity (Wildman–Crippen MR) is 104 cm³/mol. The van der Waals surface area contributed by atoms with Crippen molar-refractivity contribution in [3.8, 4) is 5.75 Å². The van der Waals surface area contributed by atoms with Crippen molar-refractivity contribution in [3.63, 3.8) is 0 Å². The summed E-state index contributed by atoms with van der Waals surface area (Å²) in [6, 6.07) is 4.81. The minimum Gasteiger partial charge on any atom is -0.406 e. The van der Waals surface area contributed by atoms with E-state index >= 15 is 0 Å². The molecule has 1 aromatic carbocycles. The van der Waals surface area contributed by atoms with Crippen molar-refractivity contribution in [1.29, 1.82) is 0 Å². The number of rotatable bonds is 6. The normalized spacial score (nSPS) is 19.4. The van der Waals surface area contributed by atoms with Crippen LogP contribution in [0.25, 0.3) is 0 Å². The van der Waals surface area contributed by atoms with E-state index in [-0.39, 0.29) is 29.1 Å². The number of thioether (sulfide) groups is 1. The highest BCUT2D eigenvalue weighted by Gasteiger charge is 2.33. The van der Waals surface area contributed by atoms with Gasteiger partial charge in [-0.05, 0) is 37.6 Å². The number of nitrogens with one attached hydrogen (secondary N) is 1. The Labute approximate surface area is 175 Å². The number of halogens is 3. The molecule has 1 aromatic heterocycles. The maximum Gasteiger partial charge on any atom is 0.573 e. The number of sulfone groups is 1. The molecule has 1 aliphatic heterocycles. The number of anilines is 1. The molecular formula is C17H19F3N4O4S2. The zero-order valence-corrected chi connectivity index (χ0v) is 17.6. The lowest BCUT2D eigenvalue weighted by atomic mass is 10.1. The van der Waals surface area contributed by atoms with Crippen LogP contribution in [0.4, 0.5) is 18.9 Å². The van der Waals surface area contributed by atoms with Gasteiger partial charge in [0, 0.05) is 18.7 Å². The number of alkyl halides is 3. The number of amides is 1. The maximum atomic E-state index is 12.4. The Bertz CT molecular complexity index is 1020. The van der Waals surface area contributed by atoms with Crippen LogP contribution in [0, 0.1) is 0 Å². The molecule has 0 spiro atoms. The number of carbonyl (C=O) groups excluding carboxylic acids is 1. The highest BCUT2D eigenvalue weighted by Crippen LogP contribution is 2.31. The van der Waals surface area contributed by atoms with E-state index in [9.17, 15) is 26.4 Å². The van der Waals surface area contributed by atoms with E-state index in [4.69, 9.17) is 0 Å². The molecule has 1 saturated heterocycles. The Balaban J connectivity index is 1.60. The lowest BCUT2D eigenvalue weighted by molar-refractivity contribution is -0.274. The molecule has 2 aromatic rings. The summed E-state index contributed by atoms with van der Waals surface area (Å²) in [4.78, 5) is 12.4. The van der Waals surface area contributed by atoms with Crippen LogP contribution in [0.2, 0.25) is 0 Å². The van der Waals surface area contributed by atoms with Crippen molar-refractivity contribution in [2.24, 2.45) is 7.05 Å². The Morgan fingerprint density at radius 3 is 2.53 bits per heavy atom. The summed E-state index contributed by atoms with van der Waals surface area (Å²) in [6.07, 6.45) is -4.30. The fraction of sp³-hybridized carbons (Fsp3) is 0.471. The van der Waals surface area contributed by atoms with Gasteiger partial charge in [0.25, 0.3) is 0 Å². The molecule has 0 radical (unpaired) electrons. The van der Waals surface area contributed by atoms with Gasteiger partial charge in [0.15, 0.2) is 15.0 Å². The highest BCUT2D eigenvalue weighted by molar-refractivity contribution is 8.00. The first-order chi connectivity index (χ1) is 13.9. The summed E-state index contributed by atoms with van der Waals surface area (Å²) in [5.41, 5.74) is 0.316. The number of nitrogens with zero attached hydrogens (tertiary/aromatic N) is 3. The lowest BCUT2D eigenvalue weighted by Gasteiger charge is -2.13. The van der Waals surface area contributed by atoms with Crippen molar-refractivity contribution in [3.05, 3.63) is 30.1 Å². The van der Waals surface area contributed by atoms with Gasteiger partial charge < -0.3 is 14.6 Å². The SMILES string of the molecule is CC(Sc1nnc(C2CCS(=O)(=O)C2)n1C)C(=O)Nc1ccc(OC(F)(F)F)cc1. The number of hydrogen-bond acceptors (Lipinski definition) is 7. The first-order valence-electron chi connectivity index (χ1n) is 8.86. The van der Waals surface area contributed by atoms with Gasteiger partial charge in [-0.2, -0.15) is 0 Å². The second kappa shape index (κ2) is 8.46. The van der Waals surface area contributed by atoms with Crippen LogP contribution in [-0.4, -0.2) is 52.2 Å². The Kier molecular flexibility index (Phi) is 6.32. The van der Waals surface area contributed by atoms with Crippen LogP contribution in [0.1, 0.15) is 25.1 Å². The minimum absolute atomic E-state index is 0.0354. The molecule has 8 nitrogen and oxygen atoms in total. The van der Waals surface area contributed by atoms with Crippen molar-refractivity contribution in [2.45, 2.75) is 36.0 Å². The van der Waals surface area contributed by atoms with Crippen molar-refractivity contribution in [1.82, 2.24) is 14.8 Å². The highest BCUT2D eigenvalue weighted by atomic mass is 32.2. The zero-order valence-electron chi connectivity index (χ0n) is 16.0. The third kappa shape index (κ3) is 5.65. The first kappa shape index (κ1) is 22.4. The third-order valence-corrected chi connectivity index (χ3v) is 7.37. The zero-order chi connectivity index (χ0) is 22.1. The van der Waals surface area contributed by atoms with Crippen LogP contribution >= 0.6 is 11.8 Å². The molecule has 1 amide bonds. The molecule has 0 saturated carbocycles. The molecule has 1 aliphatic rings. The standard InChI is InChI=1S/C17H19F3N4O4S2/c1-10(15(25)21-12-3-5-13(6-4-12)28-17(18,19)20)29-16-23-22-14(24(16)2)11-7-8-30(26,27)9-11/h3-6,10-11H,7-9H2,1-2H3,(H,21,25). The summed E-state index contributed by atoms with van der Waals surface area (Å²) < 4.78 is 65.4. The van der Waals surface area contributed by atoms with E-state index < -0.39 is 21.4 Å². The van der Waals surface area contributed by atoms with E-state index in [0.29, 0.717) is 23.1 Å². The van der Waals surface area contributed by atoms with Gasteiger partial charge in [-0.3, -0.25) is 4.79 Å². The molecule has 3 rings (SSSR count). The molecule has 2 unspecified atom stereocenters. The smallest absolute Gasteiger partial charge is 0.406 e. The van der Waals surface area contributed by atoms with Crippen molar-refractivity contribution >= 4 is 33.2 Å². The fourth-order valence-corrected chi connectivity index (χ4v) is 5.54. The lowest BCUT2D eigenvalue weighted by Crippen LogP contribution is -2.23. The quantitative estimate of drug-likeness (QED) is 0.656. The molecule has 164 valence electrons. The van der Waals surface area contributed by atoms with Crippen molar-refractivity contribution in [2.75, 3.05) is 16.8 Å². The molecule has 1 N–H and O–H groups in total. The fourth-order valence-electron chi connectivity index (χ4n) is 2.98. The Morgan fingerprint density at radius 2 is 1.97 bits per heavy atom. The molecular weight excluding hydrogens is 445 g/mol. The summed E-state index contributed by atoms with van der Waals surface area (Å²) in [5, 5.41) is 10.6. The topological polar surface area (TPSA) is 103 Å². The van der Waals surface area contributed by atoms with Gasteiger partial charge in [0.05, 0.1) is 16.8 Å². The predicted octanol–water partition coefficient (Wildman–Crippen LogP) is 2.74. The van der Waals surface area contributed by atoms with Gasteiger partial charge in [-0.25, -0.2) is 8.42 Å². The molecule has 0 aliphatic carbocycles. The summed E-state index contributed by atoms with van der Waals surface area (Å²) in [5.74, 6) is -0.261. The number of ether oxygens (including phenoxy) is 1. The van der Waals surface area contributed by atoms with Gasteiger partial charge >= 0.3 is 6.36 Å². The molecule has 2 atom stereocenters. The van der Waals surface area contributed by atoms with Crippen LogP contribution in [0.15, 0.2) is 29.4 Å². The third-order valence-electron chi connectivity index (χ3n) is 4.47. The monoisotopic (exact) mass is 464 g/mol. The number of aromatic nitrogens is 3. The van der Waals surface area contributed by atoms with Crippen LogP contribution < -0.4 is 10.1 Å².